The standard InChI is InChI=1S/C7H9FIN/c1-4(2)7-6(9)5(8)3-10-7/h3-4,10H,1-2H3. The first-order chi connectivity index (χ1) is 4.63. The SMILES string of the molecule is CC(C)c1[nH]cc(F)c1I. The van der Waals surface area contributed by atoms with Crippen molar-refractivity contribution in [3.63, 3.8) is 0 Å². The Morgan fingerprint density at radius 2 is 2.20 bits per heavy atom. The van der Waals surface area contributed by atoms with Gasteiger partial charge in [-0.15, -0.1) is 0 Å². The summed E-state index contributed by atoms with van der Waals surface area (Å²) in [4.78, 5) is 2.89. The number of aromatic amines is 1. The van der Waals surface area contributed by atoms with E-state index in [-0.39, 0.29) is 5.82 Å². The van der Waals surface area contributed by atoms with E-state index >= 15 is 0 Å². The van der Waals surface area contributed by atoms with Crippen molar-refractivity contribution in [1.82, 2.24) is 4.98 Å². The number of hydrogen-bond donors (Lipinski definition) is 1. The summed E-state index contributed by atoms with van der Waals surface area (Å²) >= 11 is 2.01. The van der Waals surface area contributed by atoms with Crippen LogP contribution in [0.25, 0.3) is 0 Å². The highest BCUT2D eigenvalue weighted by molar-refractivity contribution is 14.1. The molecule has 1 nitrogen and oxygen atoms in total. The second-order valence-electron chi connectivity index (χ2n) is 2.52. The average Bonchev–Trinajstić information content (AvgIpc) is 2.14. The second kappa shape index (κ2) is 2.90. The summed E-state index contributed by atoms with van der Waals surface area (Å²) in [7, 11) is 0. The van der Waals surface area contributed by atoms with Gasteiger partial charge in [0.25, 0.3) is 0 Å². The minimum Gasteiger partial charge on any atom is -0.361 e. The van der Waals surface area contributed by atoms with E-state index in [4.69, 9.17) is 0 Å². The van der Waals surface area contributed by atoms with E-state index in [0.29, 0.717) is 9.49 Å². The summed E-state index contributed by atoms with van der Waals surface area (Å²) in [5.41, 5.74) is 0.984. The number of rotatable bonds is 1. The zero-order valence-corrected chi connectivity index (χ0v) is 8.07. The Morgan fingerprint density at radius 1 is 1.60 bits per heavy atom. The predicted octanol–water partition coefficient (Wildman–Crippen LogP) is 2.88. The molecule has 0 aliphatic heterocycles. The zero-order valence-electron chi connectivity index (χ0n) is 5.91. The molecule has 0 atom stereocenters. The molecule has 0 saturated carbocycles. The first-order valence-electron chi connectivity index (χ1n) is 3.15. The first-order valence-corrected chi connectivity index (χ1v) is 4.23. The molecule has 1 aromatic heterocycles. The van der Waals surface area contributed by atoms with Gasteiger partial charge in [0.15, 0.2) is 5.82 Å². The highest BCUT2D eigenvalue weighted by Gasteiger charge is 2.09. The molecule has 0 spiro atoms. The van der Waals surface area contributed by atoms with Crippen molar-refractivity contribution in [3.8, 4) is 0 Å². The largest absolute Gasteiger partial charge is 0.361 e. The summed E-state index contributed by atoms with van der Waals surface area (Å²) in [6.07, 6.45) is 1.40. The molecule has 0 saturated heterocycles. The lowest BCUT2D eigenvalue weighted by atomic mass is 10.1. The highest BCUT2D eigenvalue weighted by atomic mass is 127. The Kier molecular flexibility index (Phi) is 2.33. The van der Waals surface area contributed by atoms with Crippen molar-refractivity contribution in [3.05, 3.63) is 21.3 Å². The van der Waals surface area contributed by atoms with Gasteiger partial charge in [0.2, 0.25) is 0 Å². The molecule has 0 aromatic carbocycles. The van der Waals surface area contributed by atoms with Gasteiger partial charge in [0, 0.05) is 11.9 Å². The van der Waals surface area contributed by atoms with Crippen LogP contribution in [0, 0.1) is 9.39 Å². The fraction of sp³-hybridized carbons (Fsp3) is 0.429. The van der Waals surface area contributed by atoms with Gasteiger partial charge in [-0.1, -0.05) is 13.8 Å². The van der Waals surface area contributed by atoms with Crippen LogP contribution in [0.15, 0.2) is 6.20 Å². The van der Waals surface area contributed by atoms with Crippen LogP contribution >= 0.6 is 22.6 Å². The summed E-state index contributed by atoms with van der Waals surface area (Å²) in [5.74, 6) is 0.223. The third-order valence-electron chi connectivity index (χ3n) is 1.38. The van der Waals surface area contributed by atoms with E-state index in [0.717, 1.165) is 5.69 Å². The van der Waals surface area contributed by atoms with Crippen LogP contribution in [-0.4, -0.2) is 4.98 Å². The molecule has 1 rings (SSSR count). The van der Waals surface area contributed by atoms with E-state index in [2.05, 4.69) is 4.98 Å². The highest BCUT2D eigenvalue weighted by Crippen LogP contribution is 2.21. The minimum atomic E-state index is -0.149. The molecule has 1 heterocycles. The fourth-order valence-electron chi connectivity index (χ4n) is 0.817. The van der Waals surface area contributed by atoms with E-state index in [1.165, 1.54) is 6.20 Å². The molecular weight excluding hydrogens is 244 g/mol. The van der Waals surface area contributed by atoms with E-state index in [1.807, 2.05) is 36.4 Å². The molecule has 0 aliphatic carbocycles. The maximum Gasteiger partial charge on any atom is 0.154 e. The number of nitrogens with one attached hydrogen (secondary N) is 1. The summed E-state index contributed by atoms with van der Waals surface area (Å²) in [6.45, 7) is 4.07. The minimum absolute atomic E-state index is 0.149. The molecule has 0 fully saturated rings. The van der Waals surface area contributed by atoms with Crippen molar-refractivity contribution in [1.29, 1.82) is 0 Å². The van der Waals surface area contributed by atoms with Gasteiger partial charge in [0.1, 0.15) is 0 Å². The average molecular weight is 253 g/mol. The van der Waals surface area contributed by atoms with Crippen LogP contribution in [0.2, 0.25) is 0 Å². The summed E-state index contributed by atoms with van der Waals surface area (Å²) in [6, 6.07) is 0. The summed E-state index contributed by atoms with van der Waals surface area (Å²) in [5, 5.41) is 0. The lowest BCUT2D eigenvalue weighted by molar-refractivity contribution is 0.622. The molecule has 0 amide bonds. The van der Waals surface area contributed by atoms with E-state index in [9.17, 15) is 4.39 Å². The summed E-state index contributed by atoms with van der Waals surface area (Å²) < 4.78 is 13.4. The van der Waals surface area contributed by atoms with Crippen LogP contribution in [-0.2, 0) is 0 Å². The molecule has 1 aromatic rings. The van der Waals surface area contributed by atoms with Crippen LogP contribution in [0.1, 0.15) is 25.5 Å². The van der Waals surface area contributed by atoms with Crippen LogP contribution in [0.4, 0.5) is 4.39 Å². The van der Waals surface area contributed by atoms with Gasteiger partial charge in [-0.2, -0.15) is 0 Å². The van der Waals surface area contributed by atoms with Crippen molar-refractivity contribution < 1.29 is 4.39 Å². The predicted molar refractivity (Wildman–Crippen MR) is 47.6 cm³/mol. The lowest BCUT2D eigenvalue weighted by Gasteiger charge is -2.00. The van der Waals surface area contributed by atoms with Crippen LogP contribution in [0.3, 0.4) is 0 Å². The van der Waals surface area contributed by atoms with Gasteiger partial charge in [-0.25, -0.2) is 4.39 Å². The maximum absolute atomic E-state index is 12.7. The third kappa shape index (κ3) is 1.33. The zero-order chi connectivity index (χ0) is 7.72. The van der Waals surface area contributed by atoms with Gasteiger partial charge in [-0.05, 0) is 28.5 Å². The molecule has 0 bridgehead atoms. The second-order valence-corrected chi connectivity index (χ2v) is 3.60. The van der Waals surface area contributed by atoms with E-state index < -0.39 is 0 Å². The van der Waals surface area contributed by atoms with Crippen molar-refractivity contribution in [2.75, 3.05) is 0 Å². The molecule has 0 aliphatic rings. The van der Waals surface area contributed by atoms with Crippen molar-refractivity contribution in [2.45, 2.75) is 19.8 Å². The van der Waals surface area contributed by atoms with Gasteiger partial charge < -0.3 is 4.98 Å². The van der Waals surface area contributed by atoms with Gasteiger partial charge >= 0.3 is 0 Å². The fourth-order valence-corrected chi connectivity index (χ4v) is 1.75. The number of H-pyrrole nitrogens is 1. The number of hydrogen-bond acceptors (Lipinski definition) is 0. The molecule has 3 heteroatoms. The van der Waals surface area contributed by atoms with Crippen LogP contribution < -0.4 is 0 Å². The molecule has 0 radical (unpaired) electrons. The van der Waals surface area contributed by atoms with Crippen LogP contribution in [0.5, 0.6) is 0 Å². The molecule has 1 N–H and O–H groups in total. The number of aromatic nitrogens is 1. The maximum atomic E-state index is 12.7. The van der Waals surface area contributed by atoms with Crippen molar-refractivity contribution in [2.24, 2.45) is 0 Å². The Bertz CT molecular complexity index is 230. The first kappa shape index (κ1) is 8.04. The Morgan fingerprint density at radius 3 is 2.40 bits per heavy atom. The van der Waals surface area contributed by atoms with Crippen molar-refractivity contribution >= 4 is 22.6 Å². The topological polar surface area (TPSA) is 15.8 Å². The molecule has 56 valence electrons. The van der Waals surface area contributed by atoms with E-state index in [1.54, 1.807) is 0 Å². The Balaban J connectivity index is 3.05. The van der Waals surface area contributed by atoms with Gasteiger partial charge in [0.05, 0.1) is 3.57 Å². The lowest BCUT2D eigenvalue weighted by Crippen LogP contribution is -1.89. The molecular formula is C7H9FIN. The monoisotopic (exact) mass is 253 g/mol. The Labute approximate surface area is 73.2 Å². The van der Waals surface area contributed by atoms with Gasteiger partial charge in [-0.3, -0.25) is 0 Å². The number of halogens is 2. The quantitative estimate of drug-likeness (QED) is 0.740. The normalized spacial score (nSPS) is 10.9. The third-order valence-corrected chi connectivity index (χ3v) is 2.47. The smallest absolute Gasteiger partial charge is 0.154 e. The molecule has 0 unspecified atom stereocenters. The Hall–Kier alpha value is -0.0600. The molecule has 10 heavy (non-hydrogen) atoms.